The number of nitrogens with zero attached hydrogens (tertiary/aromatic N) is 1. The highest BCUT2D eigenvalue weighted by atomic mass is 32.2. The summed E-state index contributed by atoms with van der Waals surface area (Å²) in [5.74, 6) is 2.45. The fourth-order valence-corrected chi connectivity index (χ4v) is 1.80. The second kappa shape index (κ2) is 4.43. The van der Waals surface area contributed by atoms with E-state index >= 15 is 0 Å². The molecule has 1 aromatic carbocycles. The highest BCUT2D eigenvalue weighted by molar-refractivity contribution is 7.90. The predicted octanol–water partition coefficient (Wildman–Crippen LogP) is 2.32. The van der Waals surface area contributed by atoms with Crippen molar-refractivity contribution >= 4 is 15.9 Å². The van der Waals surface area contributed by atoms with E-state index in [0.29, 0.717) is 0 Å². The monoisotopic (exact) mass is 223 g/mol. The van der Waals surface area contributed by atoms with Crippen molar-refractivity contribution in [2.45, 2.75) is 25.7 Å². The fourth-order valence-electron chi connectivity index (χ4n) is 0.914. The lowest BCUT2D eigenvalue weighted by Gasteiger charge is -1.97. The van der Waals surface area contributed by atoms with Gasteiger partial charge in [-0.15, -0.1) is 4.40 Å². The minimum atomic E-state index is -3.58. The highest BCUT2D eigenvalue weighted by Crippen LogP contribution is 2.12. The molecule has 1 aromatic rings. The number of aryl methyl sites for hydroxylation is 1. The number of allylic oxidation sites excluding steroid dienone is 1. The van der Waals surface area contributed by atoms with Crippen molar-refractivity contribution in [2.75, 3.05) is 0 Å². The third kappa shape index (κ3) is 3.35. The van der Waals surface area contributed by atoms with Crippen LogP contribution in [0.15, 0.2) is 39.1 Å². The Labute approximate surface area is 90.2 Å². The second-order valence-electron chi connectivity index (χ2n) is 3.49. The van der Waals surface area contributed by atoms with Crippen LogP contribution in [0.3, 0.4) is 0 Å². The Balaban J connectivity index is 3.19. The molecule has 0 aliphatic heterocycles. The van der Waals surface area contributed by atoms with Crippen LogP contribution in [-0.2, 0) is 10.0 Å². The van der Waals surface area contributed by atoms with E-state index in [9.17, 15) is 8.42 Å². The minimum absolute atomic E-state index is 0.196. The first-order chi connectivity index (χ1) is 6.92. The molecule has 0 saturated carbocycles. The Hall–Kier alpha value is -1.38. The molecule has 0 aromatic heterocycles. The maximum absolute atomic E-state index is 11.6. The lowest BCUT2D eigenvalue weighted by atomic mass is 10.2. The molecule has 1 rings (SSSR count). The van der Waals surface area contributed by atoms with Gasteiger partial charge in [-0.1, -0.05) is 17.7 Å². The Morgan fingerprint density at radius 1 is 1.20 bits per heavy atom. The Morgan fingerprint density at radius 3 is 2.20 bits per heavy atom. The average molecular weight is 223 g/mol. The summed E-state index contributed by atoms with van der Waals surface area (Å²) in [6.45, 7) is 5.39. The molecular weight excluding hydrogens is 210 g/mol. The Bertz CT molecular complexity index is 502. The topological polar surface area (TPSA) is 46.5 Å². The van der Waals surface area contributed by atoms with Crippen LogP contribution in [0.5, 0.6) is 0 Å². The summed E-state index contributed by atoms with van der Waals surface area (Å²) in [6.07, 6.45) is 0. The van der Waals surface area contributed by atoms with Crippen molar-refractivity contribution in [1.82, 2.24) is 0 Å². The molecule has 0 heterocycles. The normalized spacial score (nSPS) is 10.6. The fraction of sp³-hybridized carbons (Fsp3) is 0.273. The molecular formula is C11H13NO2S. The molecule has 15 heavy (non-hydrogen) atoms. The van der Waals surface area contributed by atoms with E-state index in [-0.39, 0.29) is 4.90 Å². The van der Waals surface area contributed by atoms with Gasteiger partial charge in [0.2, 0.25) is 0 Å². The summed E-state index contributed by atoms with van der Waals surface area (Å²) in [5, 5.41) is 0. The van der Waals surface area contributed by atoms with E-state index in [1.807, 2.05) is 6.92 Å². The van der Waals surface area contributed by atoms with Crippen LogP contribution in [0.2, 0.25) is 0 Å². The zero-order valence-electron chi connectivity index (χ0n) is 8.98. The molecule has 0 aliphatic rings. The highest BCUT2D eigenvalue weighted by Gasteiger charge is 2.10. The summed E-state index contributed by atoms with van der Waals surface area (Å²) < 4.78 is 26.7. The van der Waals surface area contributed by atoms with Crippen molar-refractivity contribution < 1.29 is 8.42 Å². The lowest BCUT2D eigenvalue weighted by Crippen LogP contribution is -1.96. The number of hydrogen-bond donors (Lipinski definition) is 0. The van der Waals surface area contributed by atoms with Crippen molar-refractivity contribution in [1.29, 1.82) is 0 Å². The first kappa shape index (κ1) is 11.7. The molecule has 0 radical (unpaired) electrons. The first-order valence-electron chi connectivity index (χ1n) is 4.52. The lowest BCUT2D eigenvalue weighted by molar-refractivity contribution is 0.598. The zero-order chi connectivity index (χ0) is 11.5. The van der Waals surface area contributed by atoms with Gasteiger partial charge in [0.25, 0.3) is 10.0 Å². The number of hydrogen-bond acceptors (Lipinski definition) is 2. The zero-order valence-corrected chi connectivity index (χ0v) is 9.80. The molecule has 4 heteroatoms. The van der Waals surface area contributed by atoms with E-state index in [0.717, 1.165) is 11.1 Å². The van der Waals surface area contributed by atoms with Gasteiger partial charge in [0.05, 0.1) is 4.90 Å². The molecule has 0 bridgehead atoms. The third-order valence-corrected chi connectivity index (χ3v) is 2.91. The number of rotatable bonds is 2. The van der Waals surface area contributed by atoms with Crippen molar-refractivity contribution in [3.8, 4) is 0 Å². The molecule has 0 aliphatic carbocycles. The van der Waals surface area contributed by atoms with Gasteiger partial charge >= 0.3 is 0 Å². The summed E-state index contributed by atoms with van der Waals surface area (Å²) >= 11 is 0. The Kier molecular flexibility index (Phi) is 3.45. The average Bonchev–Trinajstić information content (AvgIpc) is 2.16. The van der Waals surface area contributed by atoms with Gasteiger partial charge in [0.1, 0.15) is 0 Å². The summed E-state index contributed by atoms with van der Waals surface area (Å²) in [7, 11) is -3.58. The van der Waals surface area contributed by atoms with Gasteiger partial charge in [0, 0.05) is 0 Å². The van der Waals surface area contributed by atoms with Crippen LogP contribution in [0.4, 0.5) is 0 Å². The van der Waals surface area contributed by atoms with Gasteiger partial charge in [0.15, 0.2) is 0 Å². The molecule has 0 amide bonds. The maximum atomic E-state index is 11.6. The molecule has 0 unspecified atom stereocenters. The summed E-state index contributed by atoms with van der Waals surface area (Å²) in [5.41, 5.74) is 1.74. The van der Waals surface area contributed by atoms with Crippen LogP contribution in [-0.4, -0.2) is 14.3 Å². The molecule has 0 saturated heterocycles. The largest absolute Gasteiger partial charge is 0.289 e. The van der Waals surface area contributed by atoms with Crippen LogP contribution in [0.1, 0.15) is 19.4 Å². The van der Waals surface area contributed by atoms with Crippen LogP contribution >= 0.6 is 0 Å². The smallest absolute Gasteiger partial charge is 0.199 e. The van der Waals surface area contributed by atoms with Crippen LogP contribution in [0.25, 0.3) is 0 Å². The number of benzene rings is 1. The molecule has 0 spiro atoms. The van der Waals surface area contributed by atoms with Crippen LogP contribution in [0, 0.1) is 6.92 Å². The SMILES string of the molecule is CC(C)=C=NS(=O)(=O)c1ccc(C)cc1. The van der Waals surface area contributed by atoms with E-state index < -0.39 is 10.0 Å². The summed E-state index contributed by atoms with van der Waals surface area (Å²) in [6, 6.07) is 6.57. The van der Waals surface area contributed by atoms with Gasteiger partial charge in [-0.25, -0.2) is 0 Å². The molecule has 0 N–H and O–H groups in total. The van der Waals surface area contributed by atoms with Crippen molar-refractivity contribution in [3.63, 3.8) is 0 Å². The molecule has 0 fully saturated rings. The minimum Gasteiger partial charge on any atom is -0.199 e. The molecule has 3 nitrogen and oxygen atoms in total. The van der Waals surface area contributed by atoms with Crippen LogP contribution < -0.4 is 0 Å². The van der Waals surface area contributed by atoms with E-state index in [1.54, 1.807) is 38.1 Å². The van der Waals surface area contributed by atoms with Gasteiger partial charge in [-0.3, -0.25) is 0 Å². The maximum Gasteiger partial charge on any atom is 0.289 e. The molecule has 0 atom stereocenters. The standard InChI is InChI=1S/C11H13NO2S/c1-9(2)8-12-15(13,14)11-6-4-10(3)5-7-11/h4-7H,1-3H3. The summed E-state index contributed by atoms with van der Waals surface area (Å²) in [4.78, 5) is 0.196. The van der Waals surface area contributed by atoms with E-state index in [4.69, 9.17) is 0 Å². The van der Waals surface area contributed by atoms with E-state index in [1.165, 1.54) is 0 Å². The van der Waals surface area contributed by atoms with Gasteiger partial charge in [-0.2, -0.15) is 8.42 Å². The van der Waals surface area contributed by atoms with E-state index in [2.05, 4.69) is 10.3 Å². The van der Waals surface area contributed by atoms with Crippen molar-refractivity contribution in [2.24, 2.45) is 4.40 Å². The molecule has 80 valence electrons. The van der Waals surface area contributed by atoms with Gasteiger partial charge in [-0.05, 0) is 44.3 Å². The van der Waals surface area contributed by atoms with Crippen molar-refractivity contribution in [3.05, 3.63) is 35.4 Å². The predicted molar refractivity (Wildman–Crippen MR) is 60.7 cm³/mol. The first-order valence-corrected chi connectivity index (χ1v) is 5.96. The third-order valence-electron chi connectivity index (χ3n) is 1.71. The Morgan fingerprint density at radius 2 is 1.73 bits per heavy atom. The second-order valence-corrected chi connectivity index (χ2v) is 5.10. The van der Waals surface area contributed by atoms with Gasteiger partial charge < -0.3 is 0 Å². The quantitative estimate of drug-likeness (QED) is 0.722. The number of sulfonamides is 1.